The van der Waals surface area contributed by atoms with Gasteiger partial charge >= 0.3 is 0 Å². The molecule has 0 aliphatic heterocycles. The molecule has 0 saturated heterocycles. The molecule has 0 amide bonds. The van der Waals surface area contributed by atoms with Gasteiger partial charge in [0, 0.05) is 16.3 Å². The van der Waals surface area contributed by atoms with E-state index in [1.54, 1.807) is 11.3 Å². The second-order valence-electron chi connectivity index (χ2n) is 4.45. The average Bonchev–Trinajstić information content (AvgIpc) is 2.93. The van der Waals surface area contributed by atoms with Crippen LogP contribution in [0.5, 0.6) is 0 Å². The van der Waals surface area contributed by atoms with E-state index in [-0.39, 0.29) is 0 Å². The fourth-order valence-electron chi connectivity index (χ4n) is 2.10. The number of fused-ring (bicyclic) bond motifs is 1. The average molecular weight is 289 g/mol. The summed E-state index contributed by atoms with van der Waals surface area (Å²) in [6, 6.07) is 8.25. The second kappa shape index (κ2) is 5.27. The summed E-state index contributed by atoms with van der Waals surface area (Å²) in [5, 5.41) is 5.51. The van der Waals surface area contributed by atoms with Crippen LogP contribution in [0.4, 0.5) is 0 Å². The Balaban J connectivity index is 2.14. The van der Waals surface area contributed by atoms with Crippen LogP contribution >= 0.6 is 22.9 Å². The van der Waals surface area contributed by atoms with E-state index in [0.29, 0.717) is 11.0 Å². The van der Waals surface area contributed by atoms with Gasteiger partial charge in [0.1, 0.15) is 5.15 Å². The molecule has 4 heteroatoms. The van der Waals surface area contributed by atoms with Crippen LogP contribution in [0.3, 0.4) is 0 Å². The summed E-state index contributed by atoms with van der Waals surface area (Å²) in [6.45, 7) is 2.17. The highest BCUT2D eigenvalue weighted by Crippen LogP contribution is 2.26. The van der Waals surface area contributed by atoms with Crippen LogP contribution in [0.25, 0.3) is 22.3 Å². The molecule has 0 spiro atoms. The highest BCUT2D eigenvalue weighted by molar-refractivity contribution is 7.08. The highest BCUT2D eigenvalue weighted by atomic mass is 35.5. The minimum atomic E-state index is 0.532. The summed E-state index contributed by atoms with van der Waals surface area (Å²) in [4.78, 5) is 9.00. The van der Waals surface area contributed by atoms with Crippen molar-refractivity contribution in [2.45, 2.75) is 19.8 Å². The highest BCUT2D eigenvalue weighted by Gasteiger charge is 2.08. The van der Waals surface area contributed by atoms with E-state index in [2.05, 4.69) is 29.0 Å². The summed E-state index contributed by atoms with van der Waals surface area (Å²) < 4.78 is 0. The molecule has 0 radical (unpaired) electrons. The number of hydrogen-bond donors (Lipinski definition) is 0. The second-order valence-corrected chi connectivity index (χ2v) is 5.59. The van der Waals surface area contributed by atoms with Crippen LogP contribution < -0.4 is 0 Å². The molecule has 0 bridgehead atoms. The molecule has 0 unspecified atom stereocenters. The van der Waals surface area contributed by atoms with Gasteiger partial charge in [0.05, 0.1) is 5.52 Å². The topological polar surface area (TPSA) is 25.8 Å². The van der Waals surface area contributed by atoms with Crippen molar-refractivity contribution in [2.75, 3.05) is 0 Å². The van der Waals surface area contributed by atoms with Gasteiger partial charge in [0.2, 0.25) is 0 Å². The molecule has 2 nitrogen and oxygen atoms in total. The third-order valence-corrected chi connectivity index (χ3v) is 4.00. The van der Waals surface area contributed by atoms with Gasteiger partial charge in [-0.25, -0.2) is 9.97 Å². The first kappa shape index (κ1) is 12.6. The lowest BCUT2D eigenvalue weighted by Gasteiger charge is -2.05. The van der Waals surface area contributed by atoms with Crippen molar-refractivity contribution in [3.8, 4) is 11.4 Å². The van der Waals surface area contributed by atoms with Crippen LogP contribution in [0.2, 0.25) is 5.15 Å². The normalized spacial score (nSPS) is 11.1. The fourth-order valence-corrected chi connectivity index (χ4v) is 2.97. The molecular weight excluding hydrogens is 276 g/mol. The fraction of sp³-hybridized carbons (Fsp3) is 0.200. The Morgan fingerprint density at radius 3 is 2.84 bits per heavy atom. The standard InChI is InChI=1S/C15H13ClN2S/c1-2-3-10-4-5-13-12(8-10)14(16)18-15(17-13)11-6-7-19-9-11/h4-9H,2-3H2,1H3. The molecule has 2 aromatic heterocycles. The molecule has 3 aromatic rings. The summed E-state index contributed by atoms with van der Waals surface area (Å²) in [5.41, 5.74) is 3.20. The minimum Gasteiger partial charge on any atom is -0.228 e. The van der Waals surface area contributed by atoms with Crippen molar-refractivity contribution in [3.05, 3.63) is 45.7 Å². The number of aryl methyl sites for hydroxylation is 1. The van der Waals surface area contributed by atoms with E-state index in [1.165, 1.54) is 5.56 Å². The number of thiophene rings is 1. The molecule has 96 valence electrons. The van der Waals surface area contributed by atoms with Crippen molar-refractivity contribution in [3.63, 3.8) is 0 Å². The lowest BCUT2D eigenvalue weighted by Crippen LogP contribution is -1.92. The van der Waals surface area contributed by atoms with Crippen molar-refractivity contribution < 1.29 is 0 Å². The summed E-state index contributed by atoms with van der Waals surface area (Å²) in [7, 11) is 0. The number of rotatable bonds is 3. The van der Waals surface area contributed by atoms with Gasteiger partial charge in [-0.15, -0.1) is 0 Å². The maximum atomic E-state index is 6.30. The summed E-state index contributed by atoms with van der Waals surface area (Å²) in [5.74, 6) is 0.696. The Bertz CT molecular complexity index is 707. The Morgan fingerprint density at radius 1 is 1.21 bits per heavy atom. The predicted molar refractivity (Wildman–Crippen MR) is 81.9 cm³/mol. The Morgan fingerprint density at radius 2 is 2.11 bits per heavy atom. The molecule has 1 aromatic carbocycles. The van der Waals surface area contributed by atoms with E-state index in [0.717, 1.165) is 29.3 Å². The lowest BCUT2D eigenvalue weighted by molar-refractivity contribution is 0.923. The Kier molecular flexibility index (Phi) is 3.49. The molecule has 0 fully saturated rings. The van der Waals surface area contributed by atoms with Crippen molar-refractivity contribution in [1.29, 1.82) is 0 Å². The van der Waals surface area contributed by atoms with Gasteiger partial charge in [-0.3, -0.25) is 0 Å². The smallest absolute Gasteiger partial charge is 0.162 e. The summed E-state index contributed by atoms with van der Waals surface area (Å²) in [6.07, 6.45) is 2.18. The first-order valence-electron chi connectivity index (χ1n) is 6.26. The van der Waals surface area contributed by atoms with Crippen LogP contribution in [-0.2, 0) is 6.42 Å². The van der Waals surface area contributed by atoms with Gasteiger partial charge in [-0.1, -0.05) is 31.0 Å². The van der Waals surface area contributed by atoms with E-state index in [9.17, 15) is 0 Å². The molecule has 19 heavy (non-hydrogen) atoms. The largest absolute Gasteiger partial charge is 0.228 e. The van der Waals surface area contributed by atoms with Crippen LogP contribution in [0, 0.1) is 0 Å². The zero-order valence-corrected chi connectivity index (χ0v) is 12.1. The third-order valence-electron chi connectivity index (χ3n) is 3.03. The van der Waals surface area contributed by atoms with Gasteiger partial charge in [0.25, 0.3) is 0 Å². The third kappa shape index (κ3) is 2.48. The molecule has 2 heterocycles. The maximum Gasteiger partial charge on any atom is 0.162 e. The van der Waals surface area contributed by atoms with E-state index in [4.69, 9.17) is 11.6 Å². The first-order valence-corrected chi connectivity index (χ1v) is 7.58. The molecular formula is C15H13ClN2S. The molecule has 3 rings (SSSR count). The lowest BCUT2D eigenvalue weighted by atomic mass is 10.1. The zero-order chi connectivity index (χ0) is 13.2. The van der Waals surface area contributed by atoms with Crippen LogP contribution in [-0.4, -0.2) is 9.97 Å². The maximum absolute atomic E-state index is 6.30. The summed E-state index contributed by atoms with van der Waals surface area (Å²) >= 11 is 7.94. The number of benzene rings is 1. The Labute approximate surface area is 121 Å². The molecule has 0 atom stereocenters. The van der Waals surface area contributed by atoms with Gasteiger partial charge in [0.15, 0.2) is 5.82 Å². The van der Waals surface area contributed by atoms with Crippen molar-refractivity contribution in [1.82, 2.24) is 9.97 Å². The van der Waals surface area contributed by atoms with Gasteiger partial charge in [-0.2, -0.15) is 11.3 Å². The Hall–Kier alpha value is -1.45. The monoisotopic (exact) mass is 288 g/mol. The zero-order valence-electron chi connectivity index (χ0n) is 10.6. The van der Waals surface area contributed by atoms with Crippen LogP contribution in [0.15, 0.2) is 35.0 Å². The quantitative estimate of drug-likeness (QED) is 0.636. The molecule has 0 aliphatic carbocycles. The van der Waals surface area contributed by atoms with Crippen LogP contribution in [0.1, 0.15) is 18.9 Å². The van der Waals surface area contributed by atoms with Gasteiger partial charge < -0.3 is 0 Å². The van der Waals surface area contributed by atoms with Crippen molar-refractivity contribution in [2.24, 2.45) is 0 Å². The van der Waals surface area contributed by atoms with E-state index < -0.39 is 0 Å². The predicted octanol–water partition coefficient (Wildman–Crippen LogP) is 4.96. The number of nitrogens with zero attached hydrogens (tertiary/aromatic N) is 2. The molecule has 0 aliphatic rings. The number of hydrogen-bond acceptors (Lipinski definition) is 3. The minimum absolute atomic E-state index is 0.532. The first-order chi connectivity index (χ1) is 9.28. The van der Waals surface area contributed by atoms with Gasteiger partial charge in [-0.05, 0) is 35.6 Å². The van der Waals surface area contributed by atoms with Crippen molar-refractivity contribution >= 4 is 33.8 Å². The molecule has 0 N–H and O–H groups in total. The van der Waals surface area contributed by atoms with E-state index >= 15 is 0 Å². The number of halogens is 1. The van der Waals surface area contributed by atoms with E-state index in [1.807, 2.05) is 22.9 Å². The SMILES string of the molecule is CCCc1ccc2nc(-c3ccsc3)nc(Cl)c2c1. The number of aromatic nitrogens is 2. The molecule has 0 saturated carbocycles.